The molecule has 24 heavy (non-hydrogen) atoms. The summed E-state index contributed by atoms with van der Waals surface area (Å²) >= 11 is 0. The summed E-state index contributed by atoms with van der Waals surface area (Å²) in [4.78, 5) is 34.7. The standard InChI is InChI=1S/C18H18N4O2/c23-17-15-3-1-2-4-16(15)18(24)22(17)13-20-9-11-21(12-10-20)14-5-7-19-8-6-14/h1-8H,9-13H2. The number of carbonyl (C=O) groups excluding carboxylic acids is 2. The van der Waals surface area contributed by atoms with Crippen molar-refractivity contribution in [1.29, 1.82) is 0 Å². The van der Waals surface area contributed by atoms with Crippen molar-refractivity contribution in [3.05, 3.63) is 59.9 Å². The van der Waals surface area contributed by atoms with Crippen LogP contribution in [0, 0.1) is 0 Å². The van der Waals surface area contributed by atoms with Crippen molar-refractivity contribution in [2.45, 2.75) is 0 Å². The topological polar surface area (TPSA) is 56.8 Å². The fourth-order valence-electron chi connectivity index (χ4n) is 3.27. The molecule has 0 saturated carbocycles. The summed E-state index contributed by atoms with van der Waals surface area (Å²) in [5, 5.41) is 0. The van der Waals surface area contributed by atoms with Gasteiger partial charge in [-0.25, -0.2) is 0 Å². The molecular weight excluding hydrogens is 304 g/mol. The first kappa shape index (κ1) is 14.8. The van der Waals surface area contributed by atoms with Crippen LogP contribution in [0.4, 0.5) is 5.69 Å². The number of aromatic nitrogens is 1. The highest BCUT2D eigenvalue weighted by molar-refractivity contribution is 6.21. The van der Waals surface area contributed by atoms with Gasteiger partial charge in [-0.3, -0.25) is 24.4 Å². The molecule has 2 amide bonds. The Bertz CT molecular complexity index is 735. The molecule has 0 N–H and O–H groups in total. The normalized spacial score (nSPS) is 18.2. The fraction of sp³-hybridized carbons (Fsp3) is 0.278. The van der Waals surface area contributed by atoms with E-state index in [2.05, 4.69) is 14.8 Å². The van der Waals surface area contributed by atoms with E-state index in [9.17, 15) is 9.59 Å². The van der Waals surface area contributed by atoms with E-state index in [1.165, 1.54) is 4.90 Å². The molecule has 0 spiro atoms. The molecule has 1 fully saturated rings. The average Bonchev–Trinajstić information content (AvgIpc) is 2.88. The number of benzene rings is 1. The fourth-order valence-corrected chi connectivity index (χ4v) is 3.27. The number of carbonyl (C=O) groups is 2. The van der Waals surface area contributed by atoms with Gasteiger partial charge < -0.3 is 4.90 Å². The molecule has 122 valence electrons. The Morgan fingerprint density at radius 2 is 1.42 bits per heavy atom. The number of anilines is 1. The Balaban J connectivity index is 1.40. The van der Waals surface area contributed by atoms with Crippen molar-refractivity contribution in [1.82, 2.24) is 14.8 Å². The first-order valence-corrected chi connectivity index (χ1v) is 8.06. The van der Waals surface area contributed by atoms with Crippen LogP contribution >= 0.6 is 0 Å². The van der Waals surface area contributed by atoms with Crippen LogP contribution < -0.4 is 4.90 Å². The Labute approximate surface area is 140 Å². The minimum Gasteiger partial charge on any atom is -0.369 e. The summed E-state index contributed by atoms with van der Waals surface area (Å²) in [6, 6.07) is 11.0. The molecule has 2 aliphatic rings. The van der Waals surface area contributed by atoms with Gasteiger partial charge in [-0.15, -0.1) is 0 Å². The van der Waals surface area contributed by atoms with Crippen molar-refractivity contribution in [2.24, 2.45) is 0 Å². The molecule has 1 aromatic heterocycles. The quantitative estimate of drug-likeness (QED) is 0.801. The molecule has 1 saturated heterocycles. The molecule has 3 heterocycles. The second-order valence-corrected chi connectivity index (χ2v) is 6.04. The molecule has 4 rings (SSSR count). The Morgan fingerprint density at radius 3 is 2.00 bits per heavy atom. The van der Waals surface area contributed by atoms with Crippen molar-refractivity contribution in [3.8, 4) is 0 Å². The van der Waals surface area contributed by atoms with E-state index in [1.807, 2.05) is 12.1 Å². The average molecular weight is 322 g/mol. The van der Waals surface area contributed by atoms with Gasteiger partial charge in [0.05, 0.1) is 17.8 Å². The molecule has 6 nitrogen and oxygen atoms in total. The van der Waals surface area contributed by atoms with Crippen LogP contribution in [0.5, 0.6) is 0 Å². The zero-order chi connectivity index (χ0) is 16.5. The number of amides is 2. The van der Waals surface area contributed by atoms with E-state index < -0.39 is 0 Å². The minimum absolute atomic E-state index is 0.188. The summed E-state index contributed by atoms with van der Waals surface area (Å²) in [6.07, 6.45) is 3.58. The van der Waals surface area contributed by atoms with Crippen molar-refractivity contribution < 1.29 is 9.59 Å². The molecule has 2 aliphatic heterocycles. The maximum atomic E-state index is 12.4. The van der Waals surface area contributed by atoms with E-state index in [0.717, 1.165) is 31.9 Å². The van der Waals surface area contributed by atoms with Gasteiger partial charge in [0.2, 0.25) is 0 Å². The molecule has 0 atom stereocenters. The zero-order valence-corrected chi connectivity index (χ0v) is 13.3. The SMILES string of the molecule is O=C1c2ccccc2C(=O)N1CN1CCN(c2ccncc2)CC1. The maximum absolute atomic E-state index is 12.4. The van der Waals surface area contributed by atoms with Crippen LogP contribution in [0.25, 0.3) is 0 Å². The molecule has 0 unspecified atom stereocenters. The maximum Gasteiger partial charge on any atom is 0.262 e. The lowest BCUT2D eigenvalue weighted by Crippen LogP contribution is -2.51. The molecule has 0 radical (unpaired) electrons. The number of pyridine rings is 1. The smallest absolute Gasteiger partial charge is 0.262 e. The predicted octanol–water partition coefficient (Wildman–Crippen LogP) is 1.46. The van der Waals surface area contributed by atoms with Gasteiger partial charge in [0, 0.05) is 44.3 Å². The zero-order valence-electron chi connectivity index (χ0n) is 13.3. The summed E-state index contributed by atoms with van der Waals surface area (Å²) in [7, 11) is 0. The lowest BCUT2D eigenvalue weighted by Gasteiger charge is -2.37. The van der Waals surface area contributed by atoms with E-state index in [0.29, 0.717) is 17.8 Å². The van der Waals surface area contributed by atoms with E-state index >= 15 is 0 Å². The van der Waals surface area contributed by atoms with Crippen molar-refractivity contribution >= 4 is 17.5 Å². The molecule has 6 heteroatoms. The van der Waals surface area contributed by atoms with Gasteiger partial charge in [0.1, 0.15) is 0 Å². The Morgan fingerprint density at radius 1 is 0.833 bits per heavy atom. The van der Waals surface area contributed by atoms with E-state index in [1.54, 1.807) is 36.7 Å². The summed E-state index contributed by atoms with van der Waals surface area (Å²) < 4.78 is 0. The number of hydrogen-bond donors (Lipinski definition) is 0. The first-order chi connectivity index (χ1) is 11.7. The Hall–Kier alpha value is -2.73. The number of rotatable bonds is 3. The lowest BCUT2D eigenvalue weighted by atomic mass is 10.1. The Kier molecular flexibility index (Phi) is 3.74. The molecule has 0 aliphatic carbocycles. The highest BCUT2D eigenvalue weighted by Gasteiger charge is 2.36. The van der Waals surface area contributed by atoms with E-state index in [4.69, 9.17) is 0 Å². The molecule has 0 bridgehead atoms. The van der Waals surface area contributed by atoms with Gasteiger partial charge >= 0.3 is 0 Å². The number of nitrogens with zero attached hydrogens (tertiary/aromatic N) is 4. The monoisotopic (exact) mass is 322 g/mol. The number of hydrogen-bond acceptors (Lipinski definition) is 5. The first-order valence-electron chi connectivity index (χ1n) is 8.06. The molecule has 1 aromatic carbocycles. The van der Waals surface area contributed by atoms with Crippen LogP contribution in [0.2, 0.25) is 0 Å². The summed E-state index contributed by atoms with van der Waals surface area (Å²) in [6.45, 7) is 3.72. The minimum atomic E-state index is -0.188. The van der Waals surface area contributed by atoms with Crippen LogP contribution in [0.15, 0.2) is 48.8 Å². The highest BCUT2D eigenvalue weighted by atomic mass is 16.2. The van der Waals surface area contributed by atoms with Gasteiger partial charge in [-0.2, -0.15) is 0 Å². The lowest BCUT2D eigenvalue weighted by molar-refractivity contribution is 0.0535. The predicted molar refractivity (Wildman–Crippen MR) is 89.8 cm³/mol. The summed E-state index contributed by atoms with van der Waals surface area (Å²) in [5.41, 5.74) is 2.18. The summed E-state index contributed by atoms with van der Waals surface area (Å²) in [5.74, 6) is -0.376. The second kappa shape index (κ2) is 6.05. The van der Waals surface area contributed by atoms with Crippen LogP contribution in [-0.4, -0.2) is 59.4 Å². The second-order valence-electron chi connectivity index (χ2n) is 6.04. The largest absolute Gasteiger partial charge is 0.369 e. The van der Waals surface area contributed by atoms with Gasteiger partial charge in [0.25, 0.3) is 11.8 Å². The van der Waals surface area contributed by atoms with Crippen molar-refractivity contribution in [2.75, 3.05) is 37.7 Å². The third kappa shape index (κ3) is 2.55. The van der Waals surface area contributed by atoms with Crippen LogP contribution in [-0.2, 0) is 0 Å². The molecular formula is C18H18N4O2. The highest BCUT2D eigenvalue weighted by Crippen LogP contribution is 2.23. The van der Waals surface area contributed by atoms with Crippen LogP contribution in [0.3, 0.4) is 0 Å². The van der Waals surface area contributed by atoms with Gasteiger partial charge in [0.15, 0.2) is 0 Å². The molecule has 2 aromatic rings. The van der Waals surface area contributed by atoms with Gasteiger partial charge in [-0.05, 0) is 24.3 Å². The van der Waals surface area contributed by atoms with E-state index in [-0.39, 0.29) is 11.8 Å². The van der Waals surface area contributed by atoms with Crippen molar-refractivity contribution in [3.63, 3.8) is 0 Å². The number of fused-ring (bicyclic) bond motifs is 1. The number of piperazine rings is 1. The van der Waals surface area contributed by atoms with Crippen LogP contribution in [0.1, 0.15) is 20.7 Å². The third-order valence-electron chi connectivity index (χ3n) is 4.62. The number of imide groups is 1. The van der Waals surface area contributed by atoms with Gasteiger partial charge in [-0.1, -0.05) is 12.1 Å². The third-order valence-corrected chi connectivity index (χ3v) is 4.62.